The quantitative estimate of drug-likeness (QED) is 0.362. The molecule has 1 atom stereocenters. The van der Waals surface area contributed by atoms with E-state index in [2.05, 4.69) is 9.97 Å². The number of hydrogen-bond donors (Lipinski definition) is 2. The van der Waals surface area contributed by atoms with Crippen LogP contribution in [0.25, 0.3) is 29.4 Å². The molecule has 6 nitrogen and oxygen atoms in total. The van der Waals surface area contributed by atoms with Gasteiger partial charge in [0.2, 0.25) is 0 Å². The number of aromatic nitrogens is 2. The summed E-state index contributed by atoms with van der Waals surface area (Å²) in [5, 5.41) is 0.667. The Morgan fingerprint density at radius 2 is 1.89 bits per heavy atom. The second-order valence-electron chi connectivity index (χ2n) is 8.80. The molecule has 2 heterocycles. The molecule has 0 fully saturated rings. The highest BCUT2D eigenvalue weighted by atomic mass is 35.5. The van der Waals surface area contributed by atoms with Crippen molar-refractivity contribution in [1.29, 1.82) is 0 Å². The first-order valence-corrected chi connectivity index (χ1v) is 12.3. The van der Waals surface area contributed by atoms with E-state index in [1.54, 1.807) is 6.07 Å². The van der Waals surface area contributed by atoms with Crippen LogP contribution in [0.3, 0.4) is 0 Å². The van der Waals surface area contributed by atoms with E-state index in [1.807, 2.05) is 55.5 Å². The molecular weight excluding hydrogens is 476 g/mol. The van der Waals surface area contributed by atoms with Gasteiger partial charge in [-0.2, -0.15) is 0 Å². The van der Waals surface area contributed by atoms with Crippen LogP contribution in [-0.4, -0.2) is 28.5 Å². The first-order chi connectivity index (χ1) is 17.4. The molecule has 7 heteroatoms. The van der Waals surface area contributed by atoms with Gasteiger partial charge in [0.25, 0.3) is 11.1 Å². The summed E-state index contributed by atoms with van der Waals surface area (Å²) in [7, 11) is 0. The van der Waals surface area contributed by atoms with Crippen LogP contribution in [0.4, 0.5) is 0 Å². The smallest absolute Gasteiger partial charge is 0.260 e. The van der Waals surface area contributed by atoms with E-state index >= 15 is 0 Å². The van der Waals surface area contributed by atoms with Gasteiger partial charge in [-0.25, -0.2) is 0 Å². The number of H-pyrrole nitrogens is 2. The van der Waals surface area contributed by atoms with E-state index in [9.17, 15) is 14.4 Å². The maximum Gasteiger partial charge on any atom is 0.260 e. The maximum absolute atomic E-state index is 13.4. The van der Waals surface area contributed by atoms with Gasteiger partial charge in [-0.05, 0) is 55.2 Å². The molecule has 1 aromatic carbocycles. The molecule has 0 aliphatic heterocycles. The average Bonchev–Trinajstić information content (AvgIpc) is 2.87. The summed E-state index contributed by atoms with van der Waals surface area (Å²) >= 11 is 6.34. The van der Waals surface area contributed by atoms with Crippen LogP contribution in [0.15, 0.2) is 63.2 Å². The van der Waals surface area contributed by atoms with Crippen LogP contribution >= 0.6 is 11.6 Å². The predicted molar refractivity (Wildman–Crippen MR) is 143 cm³/mol. The topological polar surface area (TPSA) is 92.0 Å². The van der Waals surface area contributed by atoms with Crippen molar-refractivity contribution in [2.75, 3.05) is 6.61 Å². The fraction of sp³-hybridized carbons (Fsp3) is 0.207. The Labute approximate surface area is 213 Å². The Kier molecular flexibility index (Phi) is 6.72. The van der Waals surface area contributed by atoms with Crippen molar-refractivity contribution >= 4 is 35.6 Å². The number of aromatic amines is 2. The van der Waals surface area contributed by atoms with Gasteiger partial charge in [0.15, 0.2) is 5.78 Å². The minimum atomic E-state index is -0.489. The molecule has 2 aromatic heterocycles. The predicted octanol–water partition coefficient (Wildman–Crippen LogP) is 5.13. The third-order valence-electron chi connectivity index (χ3n) is 6.44. The molecule has 0 bridgehead atoms. The monoisotopic (exact) mass is 500 g/mol. The van der Waals surface area contributed by atoms with E-state index in [-0.39, 0.29) is 17.2 Å². The van der Waals surface area contributed by atoms with E-state index in [0.29, 0.717) is 42.0 Å². The number of halogens is 1. The largest absolute Gasteiger partial charge is 0.374 e. The van der Waals surface area contributed by atoms with Crippen molar-refractivity contribution in [2.45, 2.75) is 32.3 Å². The Bertz CT molecular complexity index is 1540. The average molecular weight is 501 g/mol. The molecule has 5 rings (SSSR count). The van der Waals surface area contributed by atoms with Crippen molar-refractivity contribution in [1.82, 2.24) is 9.97 Å². The van der Waals surface area contributed by atoms with Gasteiger partial charge in [-0.1, -0.05) is 54.1 Å². The first-order valence-electron chi connectivity index (χ1n) is 11.9. The van der Waals surface area contributed by atoms with Crippen LogP contribution in [0.1, 0.15) is 51.8 Å². The third kappa shape index (κ3) is 4.70. The number of nitrogens with one attached hydrogen (secondary N) is 2. The number of fused-ring (bicyclic) bond motifs is 2. The van der Waals surface area contributed by atoms with Gasteiger partial charge in [0.05, 0.1) is 11.7 Å². The lowest BCUT2D eigenvalue weighted by molar-refractivity contribution is 0.0956. The van der Waals surface area contributed by atoms with Crippen molar-refractivity contribution in [3.63, 3.8) is 0 Å². The Morgan fingerprint density at radius 1 is 1.11 bits per heavy atom. The van der Waals surface area contributed by atoms with Gasteiger partial charge in [0.1, 0.15) is 0 Å². The van der Waals surface area contributed by atoms with Crippen molar-refractivity contribution < 1.29 is 9.53 Å². The molecule has 0 saturated heterocycles. The molecule has 3 aromatic rings. The number of pyridine rings is 2. The van der Waals surface area contributed by atoms with Gasteiger partial charge in [0, 0.05) is 46.1 Å². The Morgan fingerprint density at radius 3 is 2.67 bits per heavy atom. The molecule has 0 saturated carbocycles. The first kappa shape index (κ1) is 24.0. The molecule has 0 radical (unpaired) electrons. The van der Waals surface area contributed by atoms with E-state index in [4.69, 9.17) is 16.3 Å². The number of ether oxygens (including phenoxy) is 1. The summed E-state index contributed by atoms with van der Waals surface area (Å²) in [6, 6.07) is 11.1. The standard InChI is InChI=1S/C29H25ClN2O4/c1-2-36-21-11-8-18-14-19(28(34)32-24(18)16-21)9-13-25(33)27-26(17-6-4-3-5-7-17)22-15-20(30)10-12-23(22)31-29(27)35/h3-9,11,13-15,21H,2,10,12,16H2,1H3,(H,31,35)(H,32,34). The molecule has 1 unspecified atom stereocenters. The van der Waals surface area contributed by atoms with Crippen LogP contribution in [0, 0.1) is 0 Å². The van der Waals surface area contributed by atoms with Crippen molar-refractivity contribution in [3.05, 3.63) is 108 Å². The van der Waals surface area contributed by atoms with E-state index in [1.165, 1.54) is 12.2 Å². The molecular formula is C29H25ClN2O4. The van der Waals surface area contributed by atoms with E-state index in [0.717, 1.165) is 28.1 Å². The molecule has 2 aliphatic rings. The second-order valence-corrected chi connectivity index (χ2v) is 9.28. The Hall–Kier alpha value is -3.74. The number of hydrogen-bond acceptors (Lipinski definition) is 4. The normalized spacial score (nSPS) is 16.5. The zero-order chi connectivity index (χ0) is 25.2. The number of ketones is 1. The van der Waals surface area contributed by atoms with Crippen LogP contribution in [-0.2, 0) is 17.6 Å². The van der Waals surface area contributed by atoms with Gasteiger partial charge >= 0.3 is 0 Å². The Balaban J connectivity index is 1.55. The number of benzene rings is 1. The minimum absolute atomic E-state index is 0.0210. The molecule has 182 valence electrons. The maximum atomic E-state index is 13.4. The second kappa shape index (κ2) is 10.1. The minimum Gasteiger partial charge on any atom is -0.374 e. The van der Waals surface area contributed by atoms with Gasteiger partial charge in [-0.15, -0.1) is 0 Å². The zero-order valence-electron chi connectivity index (χ0n) is 19.8. The highest BCUT2D eigenvalue weighted by molar-refractivity contribution is 6.32. The summed E-state index contributed by atoms with van der Waals surface area (Å²) in [6.07, 6.45) is 10.2. The summed E-state index contributed by atoms with van der Waals surface area (Å²) < 4.78 is 5.63. The van der Waals surface area contributed by atoms with Gasteiger partial charge < -0.3 is 14.7 Å². The highest BCUT2D eigenvalue weighted by Gasteiger charge is 2.24. The van der Waals surface area contributed by atoms with Crippen LogP contribution in [0.5, 0.6) is 0 Å². The molecule has 0 spiro atoms. The number of aryl methyl sites for hydroxylation is 1. The molecule has 36 heavy (non-hydrogen) atoms. The molecule has 0 amide bonds. The number of rotatable bonds is 6. The van der Waals surface area contributed by atoms with Crippen molar-refractivity contribution in [3.8, 4) is 11.1 Å². The number of allylic oxidation sites excluding steroid dienone is 2. The summed E-state index contributed by atoms with van der Waals surface area (Å²) in [5.74, 6) is -0.489. The van der Waals surface area contributed by atoms with Crippen LogP contribution < -0.4 is 11.1 Å². The van der Waals surface area contributed by atoms with Crippen LogP contribution in [0.2, 0.25) is 0 Å². The highest BCUT2D eigenvalue weighted by Crippen LogP contribution is 2.34. The molecule has 2 aliphatic carbocycles. The lowest BCUT2D eigenvalue weighted by Crippen LogP contribution is -2.23. The van der Waals surface area contributed by atoms with Crippen molar-refractivity contribution in [2.24, 2.45) is 0 Å². The summed E-state index contributed by atoms with van der Waals surface area (Å²) in [6.45, 7) is 2.52. The van der Waals surface area contributed by atoms with E-state index < -0.39 is 11.3 Å². The number of carbonyl (C=O) groups is 1. The lowest BCUT2D eigenvalue weighted by Gasteiger charge is -2.19. The third-order valence-corrected chi connectivity index (χ3v) is 6.73. The van der Waals surface area contributed by atoms with Gasteiger partial charge in [-0.3, -0.25) is 14.4 Å². The lowest BCUT2D eigenvalue weighted by atomic mass is 9.88. The fourth-order valence-corrected chi connectivity index (χ4v) is 4.94. The summed E-state index contributed by atoms with van der Waals surface area (Å²) in [5.41, 5.74) is 4.05. The summed E-state index contributed by atoms with van der Waals surface area (Å²) in [4.78, 5) is 45.0. The zero-order valence-corrected chi connectivity index (χ0v) is 20.5. The fourth-order valence-electron chi connectivity index (χ4n) is 4.74. The number of carbonyl (C=O) groups excluding carboxylic acids is 1. The SMILES string of the molecule is CCOC1C=Cc2cc(C=CC(=O)c3c(-c4ccccc4)c4c([nH]c3=O)CCC(Cl)=C4)c(=O)[nH]c2C1. The molecule has 2 N–H and O–H groups in total.